The number of rotatable bonds is 6. The molecule has 2 aliphatic rings. The van der Waals surface area contributed by atoms with Crippen molar-refractivity contribution in [1.29, 1.82) is 0 Å². The molecule has 1 saturated heterocycles. The van der Waals surface area contributed by atoms with E-state index in [1.807, 2.05) is 18.7 Å². The van der Waals surface area contributed by atoms with E-state index in [2.05, 4.69) is 27.1 Å². The van der Waals surface area contributed by atoms with Crippen molar-refractivity contribution in [1.82, 2.24) is 20.2 Å². The Morgan fingerprint density at radius 3 is 2.59 bits per heavy atom. The summed E-state index contributed by atoms with van der Waals surface area (Å²) in [5, 5.41) is 3.27. The van der Waals surface area contributed by atoms with Gasteiger partial charge in [-0.2, -0.15) is 0 Å². The maximum Gasteiger partial charge on any atom is 0.231 e. The zero-order valence-corrected chi connectivity index (χ0v) is 18.9. The van der Waals surface area contributed by atoms with E-state index in [0.717, 1.165) is 36.5 Å². The molecule has 32 heavy (non-hydrogen) atoms. The number of carbonyl (C=O) groups excluding carboxylic acids is 1. The van der Waals surface area contributed by atoms with E-state index in [-0.39, 0.29) is 11.9 Å². The third kappa shape index (κ3) is 4.60. The number of hydrogen-bond donors (Lipinski definition) is 1. The molecule has 2 heterocycles. The highest BCUT2D eigenvalue weighted by Crippen LogP contribution is 2.37. The lowest BCUT2D eigenvalue weighted by Crippen LogP contribution is -2.51. The van der Waals surface area contributed by atoms with Gasteiger partial charge in [-0.05, 0) is 36.5 Å². The highest BCUT2D eigenvalue weighted by molar-refractivity contribution is 5.84. The van der Waals surface area contributed by atoms with Crippen LogP contribution in [-0.2, 0) is 11.2 Å². The van der Waals surface area contributed by atoms with Gasteiger partial charge in [0.1, 0.15) is 12.1 Å². The Kier molecular flexibility index (Phi) is 6.69. The highest BCUT2D eigenvalue weighted by atomic mass is 19.2. The van der Waals surface area contributed by atoms with Gasteiger partial charge in [0.05, 0.1) is 5.92 Å². The lowest BCUT2D eigenvalue weighted by molar-refractivity contribution is -0.133. The van der Waals surface area contributed by atoms with E-state index in [9.17, 15) is 13.6 Å². The van der Waals surface area contributed by atoms with Gasteiger partial charge in [0.25, 0.3) is 0 Å². The normalized spacial score (nSPS) is 19.4. The number of piperazine rings is 1. The second kappa shape index (κ2) is 9.48. The maximum absolute atomic E-state index is 13.9. The van der Waals surface area contributed by atoms with Gasteiger partial charge in [-0.1, -0.05) is 26.8 Å². The van der Waals surface area contributed by atoms with Crippen molar-refractivity contribution in [2.45, 2.75) is 51.5 Å². The molecule has 0 bridgehead atoms. The molecule has 1 amide bonds. The highest BCUT2D eigenvalue weighted by Gasteiger charge is 2.32. The Bertz CT molecular complexity index is 975. The van der Waals surface area contributed by atoms with Crippen molar-refractivity contribution in [2.24, 2.45) is 0 Å². The van der Waals surface area contributed by atoms with Crippen LogP contribution < -0.4 is 10.2 Å². The molecule has 2 unspecified atom stereocenters. The molecule has 172 valence electrons. The molecule has 1 aliphatic carbocycles. The van der Waals surface area contributed by atoms with Gasteiger partial charge in [-0.25, -0.2) is 18.7 Å². The van der Waals surface area contributed by atoms with Crippen LogP contribution in [0.1, 0.15) is 55.8 Å². The van der Waals surface area contributed by atoms with Crippen LogP contribution in [0.2, 0.25) is 0 Å². The predicted octanol–water partition coefficient (Wildman–Crippen LogP) is 3.23. The number of benzene rings is 1. The smallest absolute Gasteiger partial charge is 0.231 e. The lowest BCUT2D eigenvalue weighted by Gasteiger charge is -2.38. The van der Waals surface area contributed by atoms with E-state index in [1.165, 1.54) is 11.6 Å². The summed E-state index contributed by atoms with van der Waals surface area (Å²) >= 11 is 0. The largest absolute Gasteiger partial charge is 0.353 e. The molecule has 6 nitrogen and oxygen atoms in total. The van der Waals surface area contributed by atoms with E-state index >= 15 is 0 Å². The van der Waals surface area contributed by atoms with Crippen molar-refractivity contribution in [3.63, 3.8) is 0 Å². The molecule has 8 heteroatoms. The minimum absolute atomic E-state index is 0.0647. The monoisotopic (exact) mass is 443 g/mol. The van der Waals surface area contributed by atoms with Gasteiger partial charge in [-0.3, -0.25) is 4.79 Å². The first-order valence-corrected chi connectivity index (χ1v) is 11.4. The number of hydrogen-bond acceptors (Lipinski definition) is 5. The summed E-state index contributed by atoms with van der Waals surface area (Å²) in [4.78, 5) is 26.5. The molecule has 0 spiro atoms. The second-order valence-electron chi connectivity index (χ2n) is 9.10. The Morgan fingerprint density at radius 2 is 1.91 bits per heavy atom. The molecule has 2 aromatic rings. The molecule has 2 atom stereocenters. The first-order chi connectivity index (χ1) is 15.3. The number of nitrogens with zero attached hydrogens (tertiary/aromatic N) is 4. The number of carbonyl (C=O) groups is 1. The van der Waals surface area contributed by atoms with Gasteiger partial charge in [-0.15, -0.1) is 0 Å². The Hall–Kier alpha value is -2.61. The van der Waals surface area contributed by atoms with Crippen molar-refractivity contribution < 1.29 is 13.6 Å². The second-order valence-corrected chi connectivity index (χ2v) is 9.10. The zero-order chi connectivity index (χ0) is 22.8. The van der Waals surface area contributed by atoms with Gasteiger partial charge < -0.3 is 15.1 Å². The molecule has 0 radical (unpaired) electrons. The SMILES string of the molecule is CC(C)NCC(C(=O)N1CCN(c2ncnc3c2C(C)CC3)CC1)c1ccc(F)c(F)c1. The molecule has 1 aromatic heterocycles. The van der Waals surface area contributed by atoms with Crippen molar-refractivity contribution >= 4 is 11.7 Å². The fraction of sp³-hybridized carbons (Fsp3) is 0.542. The number of aromatic nitrogens is 2. The van der Waals surface area contributed by atoms with Gasteiger partial charge >= 0.3 is 0 Å². The van der Waals surface area contributed by atoms with Crippen LogP contribution in [-0.4, -0.2) is 59.5 Å². The zero-order valence-electron chi connectivity index (χ0n) is 18.9. The number of halogens is 2. The third-order valence-electron chi connectivity index (χ3n) is 6.52. The molecule has 1 aromatic carbocycles. The molecule has 1 fully saturated rings. The molecule has 1 N–H and O–H groups in total. The van der Waals surface area contributed by atoms with Crippen LogP contribution in [0.15, 0.2) is 24.5 Å². The topological polar surface area (TPSA) is 61.4 Å². The summed E-state index contributed by atoms with van der Waals surface area (Å²) in [5.41, 5.74) is 2.87. The average Bonchev–Trinajstić information content (AvgIpc) is 3.17. The van der Waals surface area contributed by atoms with E-state index in [4.69, 9.17) is 0 Å². The van der Waals surface area contributed by atoms with Crippen molar-refractivity contribution in [2.75, 3.05) is 37.6 Å². The quantitative estimate of drug-likeness (QED) is 0.743. The standard InChI is InChI=1S/C24H31F2N5O/c1-15(2)27-13-18(17-5-6-19(25)20(26)12-17)24(32)31-10-8-30(9-11-31)23-22-16(3)4-7-21(22)28-14-29-23/h5-6,12,14-16,18,27H,4,7-11,13H2,1-3H3. The first-order valence-electron chi connectivity index (χ1n) is 11.4. The van der Waals surface area contributed by atoms with Gasteiger partial charge in [0.2, 0.25) is 5.91 Å². The summed E-state index contributed by atoms with van der Waals surface area (Å²) in [6.07, 6.45) is 3.72. The molecular weight excluding hydrogens is 412 g/mol. The summed E-state index contributed by atoms with van der Waals surface area (Å²) in [5.74, 6) is -1.03. The lowest BCUT2D eigenvalue weighted by atomic mass is 9.96. The average molecular weight is 444 g/mol. The van der Waals surface area contributed by atoms with Crippen LogP contribution in [0.4, 0.5) is 14.6 Å². The van der Waals surface area contributed by atoms with Crippen LogP contribution >= 0.6 is 0 Å². The summed E-state index contributed by atoms with van der Waals surface area (Å²) < 4.78 is 27.3. The first kappa shape index (κ1) is 22.6. The molecule has 4 rings (SSSR count). The predicted molar refractivity (Wildman–Crippen MR) is 120 cm³/mol. The third-order valence-corrected chi connectivity index (χ3v) is 6.52. The fourth-order valence-electron chi connectivity index (χ4n) is 4.66. The molecule has 1 aliphatic heterocycles. The van der Waals surface area contributed by atoms with E-state index in [1.54, 1.807) is 6.33 Å². The van der Waals surface area contributed by atoms with Crippen LogP contribution in [0, 0.1) is 11.6 Å². The van der Waals surface area contributed by atoms with Crippen LogP contribution in [0.3, 0.4) is 0 Å². The van der Waals surface area contributed by atoms with Crippen molar-refractivity contribution in [3.8, 4) is 0 Å². The van der Waals surface area contributed by atoms with Gasteiger partial charge in [0, 0.05) is 50.0 Å². The Balaban J connectivity index is 1.48. The molecular formula is C24H31F2N5O. The number of aryl methyl sites for hydroxylation is 1. The molecule has 0 saturated carbocycles. The number of amides is 1. The number of fused-ring (bicyclic) bond motifs is 1. The minimum Gasteiger partial charge on any atom is -0.353 e. The maximum atomic E-state index is 13.9. The van der Waals surface area contributed by atoms with Gasteiger partial charge in [0.15, 0.2) is 11.6 Å². The van der Waals surface area contributed by atoms with E-state index < -0.39 is 17.6 Å². The number of nitrogens with one attached hydrogen (secondary N) is 1. The van der Waals surface area contributed by atoms with Crippen LogP contribution in [0.25, 0.3) is 0 Å². The minimum atomic E-state index is -0.929. The van der Waals surface area contributed by atoms with E-state index in [0.29, 0.717) is 44.2 Å². The Morgan fingerprint density at radius 1 is 1.16 bits per heavy atom. The summed E-state index contributed by atoms with van der Waals surface area (Å²) in [6.45, 7) is 9.07. The number of anilines is 1. The summed E-state index contributed by atoms with van der Waals surface area (Å²) in [6, 6.07) is 3.91. The fourth-order valence-corrected chi connectivity index (χ4v) is 4.66. The summed E-state index contributed by atoms with van der Waals surface area (Å²) in [7, 11) is 0. The van der Waals surface area contributed by atoms with Crippen molar-refractivity contribution in [3.05, 3.63) is 53.0 Å². The van der Waals surface area contributed by atoms with Crippen LogP contribution in [0.5, 0.6) is 0 Å². The Labute approximate surface area is 188 Å².